The van der Waals surface area contributed by atoms with E-state index >= 15 is 0 Å². The van der Waals surface area contributed by atoms with E-state index in [4.69, 9.17) is 0 Å². The third-order valence-electron chi connectivity index (χ3n) is 1.99. The van der Waals surface area contributed by atoms with Crippen LogP contribution in [0.25, 0.3) is 11.3 Å². The van der Waals surface area contributed by atoms with Crippen LogP contribution in [0.3, 0.4) is 0 Å². The maximum atomic E-state index is 13.4. The average Bonchev–Trinajstić information content (AvgIpc) is 2.30. The van der Waals surface area contributed by atoms with Crippen molar-refractivity contribution < 1.29 is 4.39 Å². The summed E-state index contributed by atoms with van der Waals surface area (Å²) in [5.74, 6) is -0.274. The molecule has 0 spiro atoms. The Kier molecular flexibility index (Phi) is 2.97. The lowest BCUT2D eigenvalue weighted by molar-refractivity contribution is 0.630. The highest BCUT2D eigenvalue weighted by molar-refractivity contribution is 7.98. The molecule has 0 saturated heterocycles. The lowest BCUT2D eigenvalue weighted by Crippen LogP contribution is -1.89. The van der Waals surface area contributed by atoms with Gasteiger partial charge in [-0.1, -0.05) is 12.1 Å². The molecular formula is C11H9FN2S. The zero-order valence-corrected chi connectivity index (χ0v) is 8.96. The summed E-state index contributed by atoms with van der Waals surface area (Å²) in [6.07, 6.45) is 5.16. The van der Waals surface area contributed by atoms with Gasteiger partial charge in [-0.2, -0.15) is 0 Å². The molecular weight excluding hydrogens is 211 g/mol. The van der Waals surface area contributed by atoms with Crippen LogP contribution < -0.4 is 0 Å². The number of aromatic nitrogens is 2. The Morgan fingerprint density at radius 1 is 1.13 bits per heavy atom. The normalized spacial score (nSPS) is 10.3. The van der Waals surface area contributed by atoms with Crippen LogP contribution in [-0.4, -0.2) is 16.2 Å². The molecule has 0 N–H and O–H groups in total. The second kappa shape index (κ2) is 4.40. The molecule has 0 amide bonds. The van der Waals surface area contributed by atoms with E-state index in [9.17, 15) is 4.39 Å². The van der Waals surface area contributed by atoms with Gasteiger partial charge in [0.1, 0.15) is 10.8 Å². The van der Waals surface area contributed by atoms with Crippen molar-refractivity contribution in [2.45, 2.75) is 5.03 Å². The second-order valence-corrected chi connectivity index (χ2v) is 3.75. The molecule has 0 bridgehead atoms. The molecule has 0 aliphatic heterocycles. The van der Waals surface area contributed by atoms with Gasteiger partial charge in [-0.25, -0.2) is 9.37 Å². The standard InChI is InChI=1S/C11H9FN2S/c1-15-11-7-13-10(6-14-11)8-4-2-3-5-9(8)12/h2-7H,1H3. The Bertz CT molecular complexity index is 456. The van der Waals surface area contributed by atoms with Crippen molar-refractivity contribution in [3.63, 3.8) is 0 Å². The van der Waals surface area contributed by atoms with E-state index in [1.165, 1.54) is 17.8 Å². The van der Waals surface area contributed by atoms with Crippen LogP contribution in [0.2, 0.25) is 0 Å². The van der Waals surface area contributed by atoms with E-state index in [1.807, 2.05) is 6.26 Å². The Morgan fingerprint density at radius 2 is 1.93 bits per heavy atom. The number of hydrogen-bond acceptors (Lipinski definition) is 3. The monoisotopic (exact) mass is 220 g/mol. The number of halogens is 1. The smallest absolute Gasteiger partial charge is 0.132 e. The van der Waals surface area contributed by atoms with Crippen LogP contribution >= 0.6 is 11.8 Å². The van der Waals surface area contributed by atoms with E-state index < -0.39 is 0 Å². The van der Waals surface area contributed by atoms with Gasteiger partial charge in [-0.05, 0) is 18.4 Å². The Labute approximate surface area is 91.6 Å². The molecule has 0 unspecified atom stereocenters. The van der Waals surface area contributed by atoms with Gasteiger partial charge >= 0.3 is 0 Å². The van der Waals surface area contributed by atoms with Crippen LogP contribution in [0.5, 0.6) is 0 Å². The van der Waals surface area contributed by atoms with Crippen LogP contribution in [0.15, 0.2) is 41.7 Å². The molecule has 2 rings (SSSR count). The minimum absolute atomic E-state index is 0.274. The largest absolute Gasteiger partial charge is 0.252 e. The first kappa shape index (κ1) is 10.1. The number of hydrogen-bond donors (Lipinski definition) is 0. The highest BCUT2D eigenvalue weighted by Gasteiger charge is 2.05. The summed E-state index contributed by atoms with van der Waals surface area (Å²) in [6, 6.07) is 6.54. The van der Waals surface area contributed by atoms with Crippen molar-refractivity contribution in [1.29, 1.82) is 0 Å². The van der Waals surface area contributed by atoms with Crippen molar-refractivity contribution >= 4 is 11.8 Å². The molecule has 0 fully saturated rings. The first-order valence-corrected chi connectivity index (χ1v) is 5.64. The van der Waals surface area contributed by atoms with Gasteiger partial charge in [0.15, 0.2) is 0 Å². The van der Waals surface area contributed by atoms with Crippen LogP contribution in [0.1, 0.15) is 0 Å². The number of benzene rings is 1. The Hall–Kier alpha value is -1.42. The molecule has 15 heavy (non-hydrogen) atoms. The van der Waals surface area contributed by atoms with Crippen LogP contribution in [0.4, 0.5) is 4.39 Å². The van der Waals surface area contributed by atoms with E-state index in [0.29, 0.717) is 11.3 Å². The highest BCUT2D eigenvalue weighted by atomic mass is 32.2. The summed E-state index contributed by atoms with van der Waals surface area (Å²) in [5.41, 5.74) is 1.04. The molecule has 4 heteroatoms. The van der Waals surface area contributed by atoms with Crippen molar-refractivity contribution in [3.8, 4) is 11.3 Å². The van der Waals surface area contributed by atoms with Gasteiger partial charge in [0.2, 0.25) is 0 Å². The van der Waals surface area contributed by atoms with Gasteiger partial charge in [0.25, 0.3) is 0 Å². The minimum atomic E-state index is -0.274. The maximum absolute atomic E-state index is 13.4. The minimum Gasteiger partial charge on any atom is -0.252 e. The number of nitrogens with zero attached hydrogens (tertiary/aromatic N) is 2. The SMILES string of the molecule is CSc1cnc(-c2ccccc2F)cn1. The third kappa shape index (κ3) is 2.15. The fourth-order valence-electron chi connectivity index (χ4n) is 1.23. The van der Waals surface area contributed by atoms with Gasteiger partial charge in [0, 0.05) is 5.56 Å². The van der Waals surface area contributed by atoms with Gasteiger partial charge in [-0.15, -0.1) is 11.8 Å². The summed E-state index contributed by atoms with van der Waals surface area (Å²) in [7, 11) is 0. The van der Waals surface area contributed by atoms with Crippen molar-refractivity contribution in [3.05, 3.63) is 42.5 Å². The molecule has 0 atom stereocenters. The maximum Gasteiger partial charge on any atom is 0.132 e. The second-order valence-electron chi connectivity index (χ2n) is 2.92. The summed E-state index contributed by atoms with van der Waals surface area (Å²) in [4.78, 5) is 8.31. The fourth-order valence-corrected chi connectivity index (χ4v) is 1.55. The molecule has 2 nitrogen and oxygen atoms in total. The van der Waals surface area contributed by atoms with Crippen LogP contribution in [0, 0.1) is 5.82 Å². The molecule has 1 heterocycles. The van der Waals surface area contributed by atoms with Crippen LogP contribution in [-0.2, 0) is 0 Å². The van der Waals surface area contributed by atoms with Gasteiger partial charge < -0.3 is 0 Å². The number of rotatable bonds is 2. The van der Waals surface area contributed by atoms with Crippen molar-refractivity contribution in [2.75, 3.05) is 6.26 Å². The predicted molar refractivity (Wildman–Crippen MR) is 59.2 cm³/mol. The quantitative estimate of drug-likeness (QED) is 0.727. The third-order valence-corrected chi connectivity index (χ3v) is 2.62. The number of thioether (sulfide) groups is 1. The highest BCUT2D eigenvalue weighted by Crippen LogP contribution is 2.20. The fraction of sp³-hybridized carbons (Fsp3) is 0.0909. The first-order chi connectivity index (χ1) is 7.31. The van der Waals surface area contributed by atoms with E-state index in [-0.39, 0.29) is 5.82 Å². The molecule has 1 aromatic heterocycles. The molecule has 0 aliphatic rings. The van der Waals surface area contributed by atoms with E-state index in [0.717, 1.165) is 5.03 Å². The van der Waals surface area contributed by atoms with Crippen molar-refractivity contribution in [2.24, 2.45) is 0 Å². The Balaban J connectivity index is 2.42. The lowest BCUT2D eigenvalue weighted by Gasteiger charge is -2.01. The molecule has 1 aromatic carbocycles. The summed E-state index contributed by atoms with van der Waals surface area (Å²) in [5, 5.41) is 0.829. The van der Waals surface area contributed by atoms with Gasteiger partial charge in [0.05, 0.1) is 18.1 Å². The molecule has 76 valence electrons. The first-order valence-electron chi connectivity index (χ1n) is 4.42. The van der Waals surface area contributed by atoms with E-state index in [2.05, 4.69) is 9.97 Å². The molecule has 0 aliphatic carbocycles. The topological polar surface area (TPSA) is 25.8 Å². The zero-order valence-electron chi connectivity index (χ0n) is 8.14. The predicted octanol–water partition coefficient (Wildman–Crippen LogP) is 3.00. The molecule has 2 aromatic rings. The molecule has 0 radical (unpaired) electrons. The Morgan fingerprint density at radius 3 is 2.53 bits per heavy atom. The summed E-state index contributed by atoms with van der Waals surface area (Å²) in [6.45, 7) is 0. The van der Waals surface area contributed by atoms with Gasteiger partial charge in [-0.3, -0.25) is 4.98 Å². The lowest BCUT2D eigenvalue weighted by atomic mass is 10.1. The summed E-state index contributed by atoms with van der Waals surface area (Å²) >= 11 is 1.51. The average molecular weight is 220 g/mol. The van der Waals surface area contributed by atoms with E-state index in [1.54, 1.807) is 30.6 Å². The zero-order chi connectivity index (χ0) is 10.7. The summed E-state index contributed by atoms with van der Waals surface area (Å²) < 4.78 is 13.4. The molecule has 0 saturated carbocycles. The van der Waals surface area contributed by atoms with Crippen molar-refractivity contribution in [1.82, 2.24) is 9.97 Å².